The number of hydrogen-bond acceptors (Lipinski definition) is 3. The summed E-state index contributed by atoms with van der Waals surface area (Å²) in [5.41, 5.74) is 2.38. The highest BCUT2D eigenvalue weighted by atomic mass is 28.4. The molecule has 1 unspecified atom stereocenters. The largest absolute Gasteiger partial charge is 0.320 e. The Labute approximate surface area is 172 Å². The third kappa shape index (κ3) is 5.86. The van der Waals surface area contributed by atoms with Gasteiger partial charge in [0.05, 0.1) is 11.7 Å². The summed E-state index contributed by atoms with van der Waals surface area (Å²) in [6.07, 6.45) is 0.217. The van der Waals surface area contributed by atoms with Crippen LogP contribution in [-0.4, -0.2) is 14.1 Å². The van der Waals surface area contributed by atoms with Gasteiger partial charge in [0.2, 0.25) is 8.32 Å². The highest BCUT2D eigenvalue weighted by Gasteiger charge is 2.30. The summed E-state index contributed by atoms with van der Waals surface area (Å²) in [4.78, 5) is 13.0. The minimum atomic E-state index is -1.97. The van der Waals surface area contributed by atoms with Gasteiger partial charge in [-0.15, -0.1) is 0 Å². The third-order valence-electron chi connectivity index (χ3n) is 4.40. The Kier molecular flexibility index (Phi) is 6.62. The van der Waals surface area contributed by atoms with Crippen molar-refractivity contribution in [1.29, 1.82) is 0 Å². The predicted molar refractivity (Wildman–Crippen MR) is 118 cm³/mol. The number of carbonyl (C=O) groups is 1. The summed E-state index contributed by atoms with van der Waals surface area (Å²) in [6, 6.07) is 25.1. The number of anilines is 1. The third-order valence-corrected chi connectivity index (χ3v) is 5.14. The van der Waals surface area contributed by atoms with Gasteiger partial charge in [-0.1, -0.05) is 48.5 Å². The molecule has 3 aromatic carbocycles. The zero-order chi connectivity index (χ0) is 20.9. The van der Waals surface area contributed by atoms with Crippen LogP contribution in [0.3, 0.4) is 0 Å². The van der Waals surface area contributed by atoms with Gasteiger partial charge in [0.15, 0.2) is 5.78 Å². The molecule has 0 saturated carbocycles. The van der Waals surface area contributed by atoms with E-state index in [1.54, 1.807) is 0 Å². The standard InChI is InChI=1S/C24H26FNO2Si/c1-29(2,3)28-26(22-12-8-5-9-13-22)23(19-10-6-4-7-11-19)18-24(27)20-14-16-21(25)17-15-20/h4-17,23H,18H2,1-3H3. The van der Waals surface area contributed by atoms with Gasteiger partial charge in [0.1, 0.15) is 5.82 Å². The van der Waals surface area contributed by atoms with Crippen LogP contribution >= 0.6 is 0 Å². The molecule has 0 amide bonds. The lowest BCUT2D eigenvalue weighted by atomic mass is 9.97. The summed E-state index contributed by atoms with van der Waals surface area (Å²) in [5.74, 6) is -0.409. The fourth-order valence-corrected chi connectivity index (χ4v) is 3.93. The molecule has 0 heterocycles. The molecule has 150 valence electrons. The molecule has 0 spiro atoms. The Morgan fingerprint density at radius 3 is 2.00 bits per heavy atom. The van der Waals surface area contributed by atoms with Crippen LogP contribution in [0.2, 0.25) is 19.6 Å². The number of ketones is 1. The summed E-state index contributed by atoms with van der Waals surface area (Å²) in [5, 5.41) is 1.88. The quantitative estimate of drug-likeness (QED) is 0.245. The minimum absolute atomic E-state index is 0.0565. The Bertz CT molecular complexity index is 925. The second-order valence-corrected chi connectivity index (χ2v) is 12.3. The molecule has 3 rings (SSSR count). The van der Waals surface area contributed by atoms with Gasteiger partial charge >= 0.3 is 0 Å². The molecule has 0 fully saturated rings. The highest BCUT2D eigenvalue weighted by Crippen LogP contribution is 2.33. The lowest BCUT2D eigenvalue weighted by molar-refractivity contribution is 0.0953. The highest BCUT2D eigenvalue weighted by molar-refractivity contribution is 6.69. The van der Waals surface area contributed by atoms with E-state index in [1.807, 2.05) is 65.7 Å². The number of hydrogen-bond donors (Lipinski definition) is 0. The van der Waals surface area contributed by atoms with Crippen LogP contribution in [0, 0.1) is 5.82 Å². The molecule has 0 saturated heterocycles. The summed E-state index contributed by atoms with van der Waals surface area (Å²) >= 11 is 0. The first-order valence-corrected chi connectivity index (χ1v) is 13.1. The first-order valence-electron chi connectivity index (χ1n) is 9.70. The molecule has 1 atom stereocenters. The van der Waals surface area contributed by atoms with Crippen LogP contribution in [0.4, 0.5) is 10.1 Å². The fraction of sp³-hybridized carbons (Fsp3) is 0.208. The van der Waals surface area contributed by atoms with E-state index < -0.39 is 8.32 Å². The number of nitrogens with zero attached hydrogens (tertiary/aromatic N) is 1. The molecule has 0 N–H and O–H groups in total. The number of Topliss-reactive ketones (excluding diaryl/α,β-unsaturated/α-hetero) is 1. The number of hydroxylamine groups is 1. The number of carbonyl (C=O) groups excluding carboxylic acids is 1. The molecule has 0 bridgehead atoms. The Morgan fingerprint density at radius 1 is 0.897 bits per heavy atom. The summed E-state index contributed by atoms with van der Waals surface area (Å²) < 4.78 is 19.7. The molecule has 3 aromatic rings. The molecule has 0 radical (unpaired) electrons. The van der Waals surface area contributed by atoms with E-state index in [0.717, 1.165) is 11.3 Å². The molecular formula is C24H26FNO2Si. The van der Waals surface area contributed by atoms with Crippen molar-refractivity contribution in [2.75, 3.05) is 5.06 Å². The molecule has 0 aromatic heterocycles. The van der Waals surface area contributed by atoms with Crippen LogP contribution in [0.15, 0.2) is 84.9 Å². The van der Waals surface area contributed by atoms with E-state index >= 15 is 0 Å². The molecule has 0 aliphatic heterocycles. The maximum atomic E-state index is 13.3. The Hall–Kier alpha value is -2.76. The lowest BCUT2D eigenvalue weighted by Crippen LogP contribution is -2.40. The maximum Gasteiger partial charge on any atom is 0.220 e. The molecular weight excluding hydrogens is 381 g/mol. The molecule has 5 heteroatoms. The van der Waals surface area contributed by atoms with Crippen molar-refractivity contribution < 1.29 is 13.7 Å². The van der Waals surface area contributed by atoms with Crippen molar-refractivity contribution in [3.63, 3.8) is 0 Å². The molecule has 29 heavy (non-hydrogen) atoms. The van der Waals surface area contributed by atoms with Gasteiger partial charge < -0.3 is 4.53 Å². The van der Waals surface area contributed by atoms with E-state index in [9.17, 15) is 9.18 Å². The normalized spacial score (nSPS) is 12.4. The maximum absolute atomic E-state index is 13.3. The number of halogens is 1. The first-order chi connectivity index (χ1) is 13.8. The van der Waals surface area contributed by atoms with Gasteiger partial charge in [-0.05, 0) is 61.6 Å². The van der Waals surface area contributed by atoms with Gasteiger partial charge in [-0.3, -0.25) is 9.86 Å². The van der Waals surface area contributed by atoms with E-state index in [2.05, 4.69) is 19.6 Å². The number of para-hydroxylation sites is 1. The van der Waals surface area contributed by atoms with Gasteiger partial charge in [-0.25, -0.2) is 4.39 Å². The van der Waals surface area contributed by atoms with Gasteiger partial charge in [0.25, 0.3) is 0 Å². The zero-order valence-corrected chi connectivity index (χ0v) is 18.0. The monoisotopic (exact) mass is 407 g/mol. The van der Waals surface area contributed by atoms with Crippen molar-refractivity contribution in [1.82, 2.24) is 0 Å². The smallest absolute Gasteiger partial charge is 0.220 e. The van der Waals surface area contributed by atoms with Crippen LogP contribution in [0.25, 0.3) is 0 Å². The Morgan fingerprint density at radius 2 is 1.45 bits per heavy atom. The molecule has 0 aliphatic rings. The van der Waals surface area contributed by atoms with E-state index in [0.29, 0.717) is 5.56 Å². The van der Waals surface area contributed by atoms with E-state index in [1.165, 1.54) is 24.3 Å². The lowest BCUT2D eigenvalue weighted by Gasteiger charge is -2.37. The SMILES string of the molecule is C[Si](C)(C)ON(c1ccccc1)C(CC(=O)c1ccc(F)cc1)c1ccccc1. The number of rotatable bonds is 8. The van der Waals surface area contributed by atoms with Crippen LogP contribution in [0.1, 0.15) is 28.4 Å². The average molecular weight is 408 g/mol. The first kappa shape index (κ1) is 21.0. The fourth-order valence-electron chi connectivity index (χ4n) is 3.11. The summed E-state index contributed by atoms with van der Waals surface area (Å²) in [7, 11) is -1.97. The Balaban J connectivity index is 2.00. The average Bonchev–Trinajstić information content (AvgIpc) is 2.71. The molecule has 3 nitrogen and oxygen atoms in total. The van der Waals surface area contributed by atoms with Gasteiger partial charge in [-0.2, -0.15) is 0 Å². The minimum Gasteiger partial charge on any atom is -0.320 e. The molecule has 0 aliphatic carbocycles. The van der Waals surface area contributed by atoms with Crippen molar-refractivity contribution in [2.45, 2.75) is 32.1 Å². The van der Waals surface area contributed by atoms with Crippen molar-refractivity contribution in [3.05, 3.63) is 102 Å². The topological polar surface area (TPSA) is 29.5 Å². The van der Waals surface area contributed by atoms with Gasteiger partial charge in [0, 0.05) is 12.0 Å². The van der Waals surface area contributed by atoms with Crippen LogP contribution < -0.4 is 5.06 Å². The van der Waals surface area contributed by atoms with Crippen molar-refractivity contribution in [2.24, 2.45) is 0 Å². The zero-order valence-electron chi connectivity index (χ0n) is 17.0. The van der Waals surface area contributed by atoms with Crippen molar-refractivity contribution >= 4 is 19.8 Å². The van der Waals surface area contributed by atoms with E-state index in [4.69, 9.17) is 4.53 Å². The summed E-state index contributed by atoms with van der Waals surface area (Å²) in [6.45, 7) is 6.35. The predicted octanol–water partition coefficient (Wildman–Crippen LogP) is 6.41. The van der Waals surface area contributed by atoms with Crippen molar-refractivity contribution in [3.8, 4) is 0 Å². The second kappa shape index (κ2) is 9.16. The second-order valence-electron chi connectivity index (χ2n) is 7.93. The number of benzene rings is 3. The van der Waals surface area contributed by atoms with E-state index in [-0.39, 0.29) is 24.1 Å². The van der Waals surface area contributed by atoms with Crippen LogP contribution in [0.5, 0.6) is 0 Å². The van der Waals surface area contributed by atoms with Crippen LogP contribution in [-0.2, 0) is 4.53 Å².